The van der Waals surface area contributed by atoms with E-state index in [2.05, 4.69) is 19.2 Å². The highest BCUT2D eigenvalue weighted by Gasteiger charge is 2.20. The van der Waals surface area contributed by atoms with E-state index >= 15 is 0 Å². The van der Waals surface area contributed by atoms with Gasteiger partial charge in [-0.2, -0.15) is 0 Å². The molecule has 1 amide bonds. The van der Waals surface area contributed by atoms with Crippen molar-refractivity contribution in [1.29, 1.82) is 0 Å². The largest absolute Gasteiger partial charge is 0.466 e. The van der Waals surface area contributed by atoms with Gasteiger partial charge in [-0.25, -0.2) is 0 Å². The number of amides is 1. The molecule has 6 nitrogen and oxygen atoms in total. The maximum Gasteiger partial charge on any atom is 0.305 e. The third-order valence-corrected chi connectivity index (χ3v) is 13.9. The molecule has 0 aromatic rings. The molecule has 2 unspecified atom stereocenters. The Labute approximate surface area is 400 Å². The molecule has 0 aliphatic rings. The number of rotatable bonds is 55. The topological polar surface area (TPSA) is 95.9 Å². The summed E-state index contributed by atoms with van der Waals surface area (Å²) >= 11 is 0. The Morgan fingerprint density at radius 1 is 0.375 bits per heavy atom. The van der Waals surface area contributed by atoms with Crippen molar-refractivity contribution in [3.05, 3.63) is 0 Å². The Bertz CT molecular complexity index is 913. The van der Waals surface area contributed by atoms with Crippen LogP contribution in [0.25, 0.3) is 0 Å². The van der Waals surface area contributed by atoms with Crippen LogP contribution in [-0.4, -0.2) is 47.4 Å². The summed E-state index contributed by atoms with van der Waals surface area (Å²) < 4.78 is 5.48. The van der Waals surface area contributed by atoms with Gasteiger partial charge in [0.15, 0.2) is 0 Å². The highest BCUT2D eigenvalue weighted by Crippen LogP contribution is 2.18. The molecule has 0 aliphatic carbocycles. The summed E-state index contributed by atoms with van der Waals surface area (Å²) in [5.41, 5.74) is 0. The molecule has 0 rings (SSSR count). The monoisotopic (exact) mass is 906 g/mol. The molecular formula is C58H115NO5. The van der Waals surface area contributed by atoms with Gasteiger partial charge in [0.2, 0.25) is 5.91 Å². The summed E-state index contributed by atoms with van der Waals surface area (Å²) in [5.74, 6) is -0.0155. The zero-order valence-corrected chi connectivity index (χ0v) is 43.5. The molecule has 2 atom stereocenters. The maximum absolute atomic E-state index is 12.4. The minimum Gasteiger partial charge on any atom is -0.466 e. The van der Waals surface area contributed by atoms with Gasteiger partial charge in [-0.15, -0.1) is 0 Å². The third-order valence-electron chi connectivity index (χ3n) is 13.9. The average molecular weight is 907 g/mol. The number of aliphatic hydroxyl groups excluding tert-OH is 2. The number of ether oxygens (including phenoxy) is 1. The highest BCUT2D eigenvalue weighted by molar-refractivity contribution is 5.76. The first-order chi connectivity index (χ1) is 31.5. The fourth-order valence-corrected chi connectivity index (χ4v) is 9.41. The van der Waals surface area contributed by atoms with Gasteiger partial charge in [0.25, 0.3) is 0 Å². The van der Waals surface area contributed by atoms with E-state index in [0.29, 0.717) is 25.9 Å². The summed E-state index contributed by atoms with van der Waals surface area (Å²) in [6.07, 6.45) is 62.6. The normalized spacial score (nSPS) is 12.5. The Kier molecular flexibility index (Phi) is 53.5. The second-order valence-electron chi connectivity index (χ2n) is 20.3. The fourth-order valence-electron chi connectivity index (χ4n) is 9.41. The lowest BCUT2D eigenvalue weighted by Crippen LogP contribution is -2.45. The lowest BCUT2D eigenvalue weighted by Gasteiger charge is -2.22. The smallest absolute Gasteiger partial charge is 0.305 e. The van der Waals surface area contributed by atoms with Gasteiger partial charge >= 0.3 is 5.97 Å². The molecule has 0 saturated heterocycles. The van der Waals surface area contributed by atoms with E-state index < -0.39 is 12.1 Å². The maximum atomic E-state index is 12.4. The molecule has 0 aromatic heterocycles. The van der Waals surface area contributed by atoms with Gasteiger partial charge in [0, 0.05) is 12.8 Å². The number of nitrogens with one attached hydrogen (secondary N) is 1. The van der Waals surface area contributed by atoms with Crippen LogP contribution >= 0.6 is 0 Å². The summed E-state index contributed by atoms with van der Waals surface area (Å²) in [5, 5.41) is 23.1. The highest BCUT2D eigenvalue weighted by atomic mass is 16.5. The Hall–Kier alpha value is -1.14. The second kappa shape index (κ2) is 54.5. The van der Waals surface area contributed by atoms with Crippen LogP contribution in [0.5, 0.6) is 0 Å². The molecule has 0 aliphatic heterocycles. The lowest BCUT2D eigenvalue weighted by molar-refractivity contribution is -0.143. The Morgan fingerprint density at radius 3 is 0.953 bits per heavy atom. The van der Waals surface area contributed by atoms with Gasteiger partial charge in [0.05, 0.1) is 25.4 Å². The first-order valence-electron chi connectivity index (χ1n) is 29.3. The van der Waals surface area contributed by atoms with Crippen LogP contribution in [0, 0.1) is 0 Å². The van der Waals surface area contributed by atoms with E-state index in [1.807, 2.05) is 0 Å². The predicted octanol–water partition coefficient (Wildman–Crippen LogP) is 17.9. The number of carbonyl (C=O) groups is 2. The van der Waals surface area contributed by atoms with Crippen molar-refractivity contribution >= 4 is 11.9 Å². The number of hydrogen-bond acceptors (Lipinski definition) is 5. The zero-order chi connectivity index (χ0) is 46.5. The standard InChI is InChI=1S/C58H115NO5/c1-3-5-7-9-11-13-14-28-32-36-40-44-48-52-58(63)64-53-49-45-41-37-33-30-27-25-23-21-19-17-15-16-18-20-22-24-26-29-31-35-39-43-47-51-57(62)59-55(54-60)56(61)50-46-42-38-34-12-10-8-6-4-2/h55-56,60-61H,3-54H2,1-2H3,(H,59,62). The Morgan fingerprint density at radius 2 is 0.641 bits per heavy atom. The van der Waals surface area contributed by atoms with Crippen molar-refractivity contribution in [3.63, 3.8) is 0 Å². The van der Waals surface area contributed by atoms with E-state index in [0.717, 1.165) is 38.5 Å². The zero-order valence-electron chi connectivity index (χ0n) is 43.5. The van der Waals surface area contributed by atoms with Gasteiger partial charge in [-0.3, -0.25) is 9.59 Å². The van der Waals surface area contributed by atoms with Crippen LogP contribution in [0.3, 0.4) is 0 Å². The van der Waals surface area contributed by atoms with Gasteiger partial charge < -0.3 is 20.3 Å². The van der Waals surface area contributed by atoms with Crippen LogP contribution in [0.1, 0.15) is 335 Å². The third kappa shape index (κ3) is 50.3. The summed E-state index contributed by atoms with van der Waals surface area (Å²) in [6, 6.07) is -0.536. The van der Waals surface area contributed by atoms with Crippen LogP contribution < -0.4 is 5.32 Å². The Balaban J connectivity index is 3.31. The molecule has 64 heavy (non-hydrogen) atoms. The van der Waals surface area contributed by atoms with Crippen molar-refractivity contribution in [2.75, 3.05) is 13.2 Å². The van der Waals surface area contributed by atoms with Crippen molar-refractivity contribution in [2.24, 2.45) is 0 Å². The fraction of sp³-hybridized carbons (Fsp3) is 0.966. The van der Waals surface area contributed by atoms with E-state index in [1.165, 1.54) is 263 Å². The van der Waals surface area contributed by atoms with E-state index in [1.54, 1.807) is 0 Å². The first-order valence-corrected chi connectivity index (χ1v) is 29.3. The van der Waals surface area contributed by atoms with Crippen LogP contribution in [0.2, 0.25) is 0 Å². The summed E-state index contributed by atoms with van der Waals surface area (Å²) in [4.78, 5) is 24.4. The number of unbranched alkanes of at least 4 members (excludes halogenated alkanes) is 44. The second-order valence-corrected chi connectivity index (χ2v) is 20.3. The molecule has 0 heterocycles. The SMILES string of the molecule is CCCCCCCCCCCCCCCC(=O)OCCCCCCCCCCCCCCCCCCCCCCCCCCCC(=O)NC(CO)C(O)CCCCCCCCCCC. The predicted molar refractivity (Wildman–Crippen MR) is 278 cm³/mol. The summed E-state index contributed by atoms with van der Waals surface area (Å²) in [7, 11) is 0. The van der Waals surface area contributed by atoms with Gasteiger partial charge in [0.1, 0.15) is 0 Å². The van der Waals surface area contributed by atoms with Crippen LogP contribution in [0.15, 0.2) is 0 Å². The minimum atomic E-state index is -0.659. The first kappa shape index (κ1) is 62.9. The summed E-state index contributed by atoms with van der Waals surface area (Å²) in [6.45, 7) is 4.95. The van der Waals surface area contributed by atoms with Gasteiger partial charge in [-0.05, 0) is 25.7 Å². The molecule has 0 radical (unpaired) electrons. The van der Waals surface area contributed by atoms with Crippen LogP contribution in [0.4, 0.5) is 0 Å². The lowest BCUT2D eigenvalue weighted by atomic mass is 10.0. The number of aliphatic hydroxyl groups is 2. The average Bonchev–Trinajstić information content (AvgIpc) is 3.29. The van der Waals surface area contributed by atoms with Crippen molar-refractivity contribution in [2.45, 2.75) is 347 Å². The van der Waals surface area contributed by atoms with E-state index in [-0.39, 0.29) is 18.5 Å². The van der Waals surface area contributed by atoms with Crippen molar-refractivity contribution < 1.29 is 24.5 Å². The number of hydrogen-bond donors (Lipinski definition) is 3. The van der Waals surface area contributed by atoms with Crippen molar-refractivity contribution in [1.82, 2.24) is 5.32 Å². The van der Waals surface area contributed by atoms with E-state index in [4.69, 9.17) is 4.74 Å². The number of esters is 1. The van der Waals surface area contributed by atoms with Gasteiger partial charge in [-0.1, -0.05) is 296 Å². The molecule has 6 heteroatoms. The minimum absolute atomic E-state index is 0.0185. The molecular weight excluding hydrogens is 791 g/mol. The molecule has 0 bridgehead atoms. The number of carbonyl (C=O) groups excluding carboxylic acids is 2. The molecule has 0 spiro atoms. The molecule has 0 saturated carbocycles. The van der Waals surface area contributed by atoms with Crippen molar-refractivity contribution in [3.8, 4) is 0 Å². The van der Waals surface area contributed by atoms with Crippen LogP contribution in [-0.2, 0) is 14.3 Å². The molecule has 382 valence electrons. The van der Waals surface area contributed by atoms with E-state index in [9.17, 15) is 19.8 Å². The quantitative estimate of drug-likeness (QED) is 0.0417. The molecule has 0 aromatic carbocycles. The molecule has 0 fully saturated rings. The molecule has 3 N–H and O–H groups in total.